The number of carbonyl (C=O) groups excluding carboxylic acids is 1. The Bertz CT molecular complexity index is 395. The minimum Gasteiger partial charge on any atom is -0.378 e. The zero-order valence-corrected chi connectivity index (χ0v) is 10.6. The number of hydrogen-bond acceptors (Lipinski definition) is 5. The SMILES string of the molecule is CO[C@@H]1CNCC1NC(=O)C1CCS(=O)(=O)C1. The average molecular weight is 262 g/mol. The van der Waals surface area contributed by atoms with E-state index >= 15 is 0 Å². The van der Waals surface area contributed by atoms with Gasteiger partial charge in [-0.15, -0.1) is 0 Å². The van der Waals surface area contributed by atoms with Crippen LogP contribution in [0.1, 0.15) is 6.42 Å². The first-order valence-electron chi connectivity index (χ1n) is 5.76. The van der Waals surface area contributed by atoms with Gasteiger partial charge in [0.15, 0.2) is 9.84 Å². The summed E-state index contributed by atoms with van der Waals surface area (Å²) < 4.78 is 27.8. The summed E-state index contributed by atoms with van der Waals surface area (Å²) in [5, 5.41) is 6.00. The molecule has 0 aromatic carbocycles. The first-order valence-corrected chi connectivity index (χ1v) is 7.58. The molecule has 0 bridgehead atoms. The Balaban J connectivity index is 1.89. The minimum atomic E-state index is -3.00. The Kier molecular flexibility index (Phi) is 3.70. The lowest BCUT2D eigenvalue weighted by Crippen LogP contribution is -2.46. The van der Waals surface area contributed by atoms with Gasteiger partial charge in [0.1, 0.15) is 0 Å². The molecule has 0 aromatic heterocycles. The van der Waals surface area contributed by atoms with Crippen LogP contribution in [0.2, 0.25) is 0 Å². The van der Waals surface area contributed by atoms with E-state index in [0.29, 0.717) is 19.5 Å². The van der Waals surface area contributed by atoms with Crippen molar-refractivity contribution in [3.05, 3.63) is 0 Å². The molecule has 2 unspecified atom stereocenters. The first kappa shape index (κ1) is 12.8. The van der Waals surface area contributed by atoms with Gasteiger partial charge in [0.05, 0.1) is 29.6 Å². The van der Waals surface area contributed by atoms with Gasteiger partial charge < -0.3 is 15.4 Å². The summed E-state index contributed by atoms with van der Waals surface area (Å²) >= 11 is 0. The summed E-state index contributed by atoms with van der Waals surface area (Å²) in [7, 11) is -1.39. The van der Waals surface area contributed by atoms with Crippen LogP contribution in [0.4, 0.5) is 0 Å². The molecule has 98 valence electrons. The summed E-state index contributed by atoms with van der Waals surface area (Å²) in [6, 6.07) is -0.0594. The third-order valence-electron chi connectivity index (χ3n) is 3.39. The number of ether oxygens (including phenoxy) is 1. The molecule has 0 saturated carbocycles. The lowest BCUT2D eigenvalue weighted by Gasteiger charge is -2.20. The fraction of sp³-hybridized carbons (Fsp3) is 0.900. The molecule has 0 aliphatic carbocycles. The maximum absolute atomic E-state index is 11.9. The van der Waals surface area contributed by atoms with E-state index in [9.17, 15) is 13.2 Å². The van der Waals surface area contributed by atoms with Gasteiger partial charge in [0.25, 0.3) is 0 Å². The predicted molar refractivity (Wildman–Crippen MR) is 62.4 cm³/mol. The van der Waals surface area contributed by atoms with E-state index in [0.717, 1.165) is 0 Å². The Labute approximate surface area is 101 Å². The predicted octanol–water partition coefficient (Wildman–Crippen LogP) is -1.48. The van der Waals surface area contributed by atoms with Gasteiger partial charge in [-0.2, -0.15) is 0 Å². The van der Waals surface area contributed by atoms with E-state index in [1.807, 2.05) is 0 Å². The Morgan fingerprint density at radius 1 is 1.41 bits per heavy atom. The molecule has 1 amide bonds. The highest BCUT2D eigenvalue weighted by Gasteiger charge is 2.36. The van der Waals surface area contributed by atoms with Crippen molar-refractivity contribution in [3.63, 3.8) is 0 Å². The molecule has 0 spiro atoms. The summed E-state index contributed by atoms with van der Waals surface area (Å²) in [4.78, 5) is 11.9. The molecule has 7 heteroatoms. The molecule has 2 heterocycles. The molecule has 2 N–H and O–H groups in total. The largest absolute Gasteiger partial charge is 0.378 e. The molecular formula is C10H18N2O4S. The lowest BCUT2D eigenvalue weighted by molar-refractivity contribution is -0.125. The molecular weight excluding hydrogens is 244 g/mol. The van der Waals surface area contributed by atoms with Gasteiger partial charge in [-0.1, -0.05) is 0 Å². The lowest BCUT2D eigenvalue weighted by atomic mass is 10.1. The number of amides is 1. The van der Waals surface area contributed by atoms with E-state index in [4.69, 9.17) is 4.74 Å². The number of nitrogens with one attached hydrogen (secondary N) is 2. The van der Waals surface area contributed by atoms with Gasteiger partial charge >= 0.3 is 0 Å². The van der Waals surface area contributed by atoms with Crippen LogP contribution in [-0.4, -0.2) is 58.2 Å². The fourth-order valence-corrected chi connectivity index (χ4v) is 4.09. The summed E-state index contributed by atoms with van der Waals surface area (Å²) in [6.45, 7) is 1.38. The zero-order valence-electron chi connectivity index (χ0n) is 9.81. The molecule has 2 saturated heterocycles. The molecule has 2 aliphatic rings. The van der Waals surface area contributed by atoms with Crippen LogP contribution in [-0.2, 0) is 19.4 Å². The Morgan fingerprint density at radius 2 is 2.18 bits per heavy atom. The van der Waals surface area contributed by atoms with Crippen molar-refractivity contribution in [2.45, 2.75) is 18.6 Å². The van der Waals surface area contributed by atoms with Crippen LogP contribution in [0.3, 0.4) is 0 Å². The molecule has 17 heavy (non-hydrogen) atoms. The summed E-state index contributed by atoms with van der Waals surface area (Å²) in [5.74, 6) is -0.446. The van der Waals surface area contributed by atoms with Crippen molar-refractivity contribution in [3.8, 4) is 0 Å². The third kappa shape index (κ3) is 2.97. The second-order valence-electron chi connectivity index (χ2n) is 4.65. The van der Waals surface area contributed by atoms with Crippen LogP contribution in [0, 0.1) is 5.92 Å². The molecule has 2 fully saturated rings. The smallest absolute Gasteiger partial charge is 0.224 e. The molecule has 0 aromatic rings. The van der Waals surface area contributed by atoms with Crippen LogP contribution in [0.15, 0.2) is 0 Å². The van der Waals surface area contributed by atoms with Crippen LogP contribution < -0.4 is 10.6 Å². The Hall–Kier alpha value is -0.660. The highest BCUT2D eigenvalue weighted by Crippen LogP contribution is 2.19. The van der Waals surface area contributed by atoms with Crippen molar-refractivity contribution >= 4 is 15.7 Å². The van der Waals surface area contributed by atoms with Gasteiger partial charge in [-0.3, -0.25) is 4.79 Å². The van der Waals surface area contributed by atoms with Gasteiger partial charge in [0.2, 0.25) is 5.91 Å². The quantitative estimate of drug-likeness (QED) is 0.648. The number of hydrogen-bond donors (Lipinski definition) is 2. The average Bonchev–Trinajstić information content (AvgIpc) is 2.84. The van der Waals surface area contributed by atoms with Crippen LogP contribution in [0.5, 0.6) is 0 Å². The monoisotopic (exact) mass is 262 g/mol. The number of sulfone groups is 1. The molecule has 6 nitrogen and oxygen atoms in total. The standard InChI is InChI=1S/C10H18N2O4S/c1-16-9-5-11-4-8(9)12-10(13)7-2-3-17(14,15)6-7/h7-9,11H,2-6H2,1H3,(H,12,13)/t7?,8?,9-/m1/s1. The maximum Gasteiger partial charge on any atom is 0.224 e. The second-order valence-corrected chi connectivity index (χ2v) is 6.88. The van der Waals surface area contributed by atoms with Crippen molar-refractivity contribution < 1.29 is 17.9 Å². The summed E-state index contributed by atoms with van der Waals surface area (Å²) in [5.41, 5.74) is 0. The Morgan fingerprint density at radius 3 is 2.76 bits per heavy atom. The van der Waals surface area contributed by atoms with Crippen molar-refractivity contribution in [2.75, 3.05) is 31.7 Å². The molecule has 3 atom stereocenters. The molecule has 2 rings (SSSR count). The fourth-order valence-electron chi connectivity index (χ4n) is 2.35. The van der Waals surface area contributed by atoms with E-state index in [-0.39, 0.29) is 29.6 Å². The van der Waals surface area contributed by atoms with E-state index in [2.05, 4.69) is 10.6 Å². The van der Waals surface area contributed by atoms with Crippen molar-refractivity contribution in [1.29, 1.82) is 0 Å². The number of rotatable bonds is 3. The van der Waals surface area contributed by atoms with Crippen LogP contribution >= 0.6 is 0 Å². The van der Waals surface area contributed by atoms with E-state index in [1.54, 1.807) is 7.11 Å². The highest BCUT2D eigenvalue weighted by atomic mass is 32.2. The molecule has 0 radical (unpaired) electrons. The van der Waals surface area contributed by atoms with Crippen molar-refractivity contribution in [1.82, 2.24) is 10.6 Å². The zero-order chi connectivity index (χ0) is 12.5. The van der Waals surface area contributed by atoms with Crippen LogP contribution in [0.25, 0.3) is 0 Å². The summed E-state index contributed by atoms with van der Waals surface area (Å²) in [6.07, 6.45) is 0.406. The second kappa shape index (κ2) is 4.91. The normalized spacial score (nSPS) is 35.9. The van der Waals surface area contributed by atoms with E-state index < -0.39 is 15.8 Å². The highest BCUT2D eigenvalue weighted by molar-refractivity contribution is 7.91. The van der Waals surface area contributed by atoms with Gasteiger partial charge in [-0.25, -0.2) is 8.42 Å². The number of methoxy groups -OCH3 is 1. The molecule has 2 aliphatic heterocycles. The van der Waals surface area contributed by atoms with Crippen molar-refractivity contribution in [2.24, 2.45) is 5.92 Å². The number of carbonyl (C=O) groups is 1. The van der Waals surface area contributed by atoms with E-state index in [1.165, 1.54) is 0 Å². The topological polar surface area (TPSA) is 84.5 Å². The third-order valence-corrected chi connectivity index (χ3v) is 5.16. The minimum absolute atomic E-state index is 0.0172. The maximum atomic E-state index is 11.9. The van der Waals surface area contributed by atoms with Gasteiger partial charge in [0, 0.05) is 20.2 Å². The first-order chi connectivity index (χ1) is 8.02. The van der Waals surface area contributed by atoms with Gasteiger partial charge in [-0.05, 0) is 6.42 Å².